The maximum Gasteiger partial charge on any atom is 0.251 e. The monoisotopic (exact) mass is 371 g/mol. The van der Waals surface area contributed by atoms with Crippen LogP contribution in [0.3, 0.4) is 0 Å². The van der Waals surface area contributed by atoms with Gasteiger partial charge in [0.2, 0.25) is 5.95 Å². The van der Waals surface area contributed by atoms with Gasteiger partial charge in [-0.2, -0.15) is 4.98 Å². The topological polar surface area (TPSA) is 88.6 Å². The molecular formula is C19H25N5O3. The van der Waals surface area contributed by atoms with Gasteiger partial charge >= 0.3 is 0 Å². The second kappa shape index (κ2) is 9.18. The number of hydrogen-bond donors (Lipinski definition) is 2. The Bertz CT molecular complexity index is 760. The predicted molar refractivity (Wildman–Crippen MR) is 104 cm³/mol. The number of aryl methyl sites for hydroxylation is 1. The van der Waals surface area contributed by atoms with E-state index in [2.05, 4.69) is 25.5 Å². The van der Waals surface area contributed by atoms with E-state index in [9.17, 15) is 4.79 Å². The van der Waals surface area contributed by atoms with Crippen molar-refractivity contribution in [3.63, 3.8) is 0 Å². The van der Waals surface area contributed by atoms with Gasteiger partial charge < -0.3 is 25.0 Å². The van der Waals surface area contributed by atoms with Crippen LogP contribution in [0.15, 0.2) is 30.3 Å². The highest BCUT2D eigenvalue weighted by atomic mass is 16.5. The van der Waals surface area contributed by atoms with Gasteiger partial charge in [0.25, 0.3) is 5.91 Å². The molecule has 1 saturated heterocycles. The lowest BCUT2D eigenvalue weighted by molar-refractivity contribution is 0.0955. The Labute approximate surface area is 158 Å². The number of aromatic nitrogens is 2. The Morgan fingerprint density at radius 2 is 1.93 bits per heavy atom. The summed E-state index contributed by atoms with van der Waals surface area (Å²) in [5.74, 6) is 2.06. The van der Waals surface area contributed by atoms with Crippen LogP contribution in [0.5, 0.6) is 5.75 Å². The second-order valence-corrected chi connectivity index (χ2v) is 6.20. The maximum atomic E-state index is 12.1. The first kappa shape index (κ1) is 18.9. The van der Waals surface area contributed by atoms with Crippen molar-refractivity contribution in [3.05, 3.63) is 41.6 Å². The number of methoxy groups -OCH3 is 1. The van der Waals surface area contributed by atoms with Gasteiger partial charge in [-0.1, -0.05) is 0 Å². The summed E-state index contributed by atoms with van der Waals surface area (Å²) in [6.45, 7) is 6.03. The Morgan fingerprint density at radius 1 is 1.19 bits per heavy atom. The minimum atomic E-state index is -0.126. The minimum absolute atomic E-state index is 0.126. The second-order valence-electron chi connectivity index (χ2n) is 6.20. The van der Waals surface area contributed by atoms with Crippen LogP contribution >= 0.6 is 0 Å². The smallest absolute Gasteiger partial charge is 0.251 e. The van der Waals surface area contributed by atoms with Gasteiger partial charge in [-0.05, 0) is 31.2 Å². The molecule has 0 radical (unpaired) electrons. The third kappa shape index (κ3) is 5.30. The van der Waals surface area contributed by atoms with Crippen molar-refractivity contribution in [2.45, 2.75) is 6.92 Å². The molecule has 0 bridgehead atoms. The number of morpholine rings is 1. The van der Waals surface area contributed by atoms with Gasteiger partial charge in [-0.3, -0.25) is 4.79 Å². The first-order chi connectivity index (χ1) is 13.2. The van der Waals surface area contributed by atoms with Crippen molar-refractivity contribution >= 4 is 17.7 Å². The summed E-state index contributed by atoms with van der Waals surface area (Å²) in [4.78, 5) is 23.3. The van der Waals surface area contributed by atoms with Gasteiger partial charge in [0.15, 0.2) is 0 Å². The zero-order chi connectivity index (χ0) is 19.1. The lowest BCUT2D eigenvalue weighted by atomic mass is 10.2. The first-order valence-corrected chi connectivity index (χ1v) is 9.00. The summed E-state index contributed by atoms with van der Waals surface area (Å²) < 4.78 is 10.5. The summed E-state index contributed by atoms with van der Waals surface area (Å²) in [5, 5.41) is 6.05. The maximum absolute atomic E-state index is 12.1. The van der Waals surface area contributed by atoms with Crippen LogP contribution in [-0.2, 0) is 4.74 Å². The van der Waals surface area contributed by atoms with Crippen molar-refractivity contribution in [2.75, 3.05) is 56.7 Å². The van der Waals surface area contributed by atoms with Gasteiger partial charge in [0.1, 0.15) is 11.6 Å². The van der Waals surface area contributed by atoms with Crippen LogP contribution in [0.4, 0.5) is 11.8 Å². The number of ether oxygens (including phenoxy) is 2. The summed E-state index contributed by atoms with van der Waals surface area (Å²) in [5.41, 5.74) is 1.49. The van der Waals surface area contributed by atoms with Crippen molar-refractivity contribution in [1.82, 2.24) is 15.3 Å². The molecule has 8 nitrogen and oxygen atoms in total. The molecule has 1 fully saturated rings. The molecule has 0 atom stereocenters. The van der Waals surface area contributed by atoms with Crippen LogP contribution in [0.2, 0.25) is 0 Å². The molecule has 2 heterocycles. The van der Waals surface area contributed by atoms with Crippen molar-refractivity contribution in [2.24, 2.45) is 0 Å². The van der Waals surface area contributed by atoms with E-state index in [0.29, 0.717) is 37.8 Å². The van der Waals surface area contributed by atoms with E-state index in [4.69, 9.17) is 9.47 Å². The molecule has 0 aliphatic carbocycles. The standard InChI is InChI=1S/C19H25N5O3/c1-14-13-17(24-9-11-27-12-10-24)23-19(22-14)21-8-7-20-18(25)15-3-5-16(26-2)6-4-15/h3-6,13H,7-12H2,1-2H3,(H,20,25)(H,21,22,23). The molecule has 1 aliphatic rings. The Balaban J connectivity index is 1.49. The van der Waals surface area contributed by atoms with Gasteiger partial charge in [0.05, 0.1) is 20.3 Å². The highest BCUT2D eigenvalue weighted by Crippen LogP contribution is 2.16. The number of benzene rings is 1. The first-order valence-electron chi connectivity index (χ1n) is 9.00. The molecule has 2 N–H and O–H groups in total. The zero-order valence-electron chi connectivity index (χ0n) is 15.7. The molecule has 27 heavy (non-hydrogen) atoms. The Morgan fingerprint density at radius 3 is 2.63 bits per heavy atom. The van der Waals surface area contributed by atoms with E-state index in [1.807, 2.05) is 13.0 Å². The molecule has 0 unspecified atom stereocenters. The fourth-order valence-corrected chi connectivity index (χ4v) is 2.78. The number of anilines is 2. The van der Waals surface area contributed by atoms with E-state index in [0.717, 1.165) is 30.4 Å². The van der Waals surface area contributed by atoms with Crippen LogP contribution in [-0.4, -0.2) is 62.4 Å². The van der Waals surface area contributed by atoms with Crippen LogP contribution < -0.4 is 20.3 Å². The number of amides is 1. The number of hydrogen-bond acceptors (Lipinski definition) is 7. The molecule has 8 heteroatoms. The molecule has 144 valence electrons. The number of nitrogens with zero attached hydrogens (tertiary/aromatic N) is 3. The largest absolute Gasteiger partial charge is 0.497 e. The highest BCUT2D eigenvalue weighted by Gasteiger charge is 2.14. The van der Waals surface area contributed by atoms with Gasteiger partial charge in [-0.25, -0.2) is 4.98 Å². The minimum Gasteiger partial charge on any atom is -0.497 e. The van der Waals surface area contributed by atoms with Crippen LogP contribution in [0, 0.1) is 6.92 Å². The van der Waals surface area contributed by atoms with E-state index in [1.165, 1.54) is 0 Å². The molecule has 0 spiro atoms. The van der Waals surface area contributed by atoms with E-state index >= 15 is 0 Å². The van der Waals surface area contributed by atoms with Crippen molar-refractivity contribution < 1.29 is 14.3 Å². The molecule has 1 aromatic carbocycles. The predicted octanol–water partition coefficient (Wildman–Crippen LogP) is 1.47. The molecular weight excluding hydrogens is 346 g/mol. The van der Waals surface area contributed by atoms with E-state index in [-0.39, 0.29) is 5.91 Å². The highest BCUT2D eigenvalue weighted by molar-refractivity contribution is 5.94. The SMILES string of the molecule is COc1ccc(C(=O)NCCNc2nc(C)cc(N3CCOCC3)n2)cc1. The quantitative estimate of drug-likeness (QED) is 0.713. The summed E-state index contributed by atoms with van der Waals surface area (Å²) in [6, 6.07) is 8.98. The van der Waals surface area contributed by atoms with Crippen molar-refractivity contribution in [1.29, 1.82) is 0 Å². The number of rotatable bonds is 7. The van der Waals surface area contributed by atoms with Gasteiger partial charge in [0, 0.05) is 43.5 Å². The van der Waals surface area contributed by atoms with Crippen molar-refractivity contribution in [3.8, 4) is 5.75 Å². The lowest BCUT2D eigenvalue weighted by Gasteiger charge is -2.28. The molecule has 1 aliphatic heterocycles. The van der Waals surface area contributed by atoms with Gasteiger partial charge in [-0.15, -0.1) is 0 Å². The zero-order valence-corrected chi connectivity index (χ0v) is 15.7. The lowest BCUT2D eigenvalue weighted by Crippen LogP contribution is -2.37. The molecule has 3 rings (SSSR count). The summed E-state index contributed by atoms with van der Waals surface area (Å²) in [6.07, 6.45) is 0. The third-order valence-corrected chi connectivity index (χ3v) is 4.22. The summed E-state index contributed by atoms with van der Waals surface area (Å²) >= 11 is 0. The average Bonchev–Trinajstić information content (AvgIpc) is 2.71. The normalized spacial score (nSPS) is 13.9. The fraction of sp³-hybridized carbons (Fsp3) is 0.421. The number of carbonyl (C=O) groups excluding carboxylic acids is 1. The molecule has 0 saturated carbocycles. The average molecular weight is 371 g/mol. The van der Waals surface area contributed by atoms with E-state index in [1.54, 1.807) is 31.4 Å². The third-order valence-electron chi connectivity index (χ3n) is 4.22. The van der Waals surface area contributed by atoms with Crippen LogP contribution in [0.25, 0.3) is 0 Å². The van der Waals surface area contributed by atoms with E-state index < -0.39 is 0 Å². The molecule has 1 aromatic heterocycles. The molecule has 2 aromatic rings. The Kier molecular flexibility index (Phi) is 6.43. The fourth-order valence-electron chi connectivity index (χ4n) is 2.78. The van der Waals surface area contributed by atoms with Crippen LogP contribution in [0.1, 0.15) is 16.1 Å². The molecule has 1 amide bonds. The number of carbonyl (C=O) groups is 1. The summed E-state index contributed by atoms with van der Waals surface area (Å²) in [7, 11) is 1.60. The number of nitrogens with one attached hydrogen (secondary N) is 2. The Hall–Kier alpha value is -2.87.